The van der Waals surface area contributed by atoms with Gasteiger partial charge in [-0.3, -0.25) is 0 Å². The van der Waals surface area contributed by atoms with Crippen molar-refractivity contribution < 1.29 is 9.18 Å². The lowest BCUT2D eigenvalue weighted by Crippen LogP contribution is -2.48. The molecule has 0 saturated carbocycles. The minimum absolute atomic E-state index is 0.0994. The second kappa shape index (κ2) is 7.53. The van der Waals surface area contributed by atoms with E-state index in [1.54, 1.807) is 17.8 Å². The fraction of sp³-hybridized carbons (Fsp3) is 0.588. The van der Waals surface area contributed by atoms with E-state index >= 15 is 0 Å². The molecule has 1 fully saturated rings. The van der Waals surface area contributed by atoms with Crippen LogP contribution in [0, 0.1) is 5.82 Å². The molecule has 1 atom stereocenters. The zero-order valence-corrected chi connectivity index (χ0v) is 14.3. The molecule has 2 heterocycles. The van der Waals surface area contributed by atoms with Gasteiger partial charge in [0.05, 0.1) is 6.04 Å². The number of nitrogens with one attached hydrogen (secondary N) is 2. The number of amides is 2. The van der Waals surface area contributed by atoms with Gasteiger partial charge in [0, 0.05) is 29.8 Å². The first-order valence-corrected chi connectivity index (χ1v) is 9.36. The van der Waals surface area contributed by atoms with Gasteiger partial charge in [0.15, 0.2) is 0 Å². The van der Waals surface area contributed by atoms with Crippen LogP contribution in [0.4, 0.5) is 9.18 Å². The number of fused-ring (bicyclic) bond motifs is 1. The Morgan fingerprint density at radius 1 is 1.30 bits per heavy atom. The van der Waals surface area contributed by atoms with Gasteiger partial charge in [-0.2, -0.15) is 0 Å². The number of halogens is 1. The Hall–Kier alpha value is -1.27. The fourth-order valence-corrected chi connectivity index (χ4v) is 4.40. The van der Waals surface area contributed by atoms with Crippen LogP contribution < -0.4 is 10.6 Å². The summed E-state index contributed by atoms with van der Waals surface area (Å²) in [5.74, 6) is 0.698. The molecule has 2 aliphatic rings. The van der Waals surface area contributed by atoms with Crippen molar-refractivity contribution in [3.63, 3.8) is 0 Å². The molecular formula is C17H24FN3OS. The van der Waals surface area contributed by atoms with E-state index in [2.05, 4.69) is 22.5 Å². The second-order valence-corrected chi connectivity index (χ2v) is 7.33. The lowest BCUT2D eigenvalue weighted by Gasteiger charge is -2.32. The zero-order valence-electron chi connectivity index (χ0n) is 13.5. The summed E-state index contributed by atoms with van der Waals surface area (Å²) in [5, 5.41) is 6.11. The Morgan fingerprint density at radius 2 is 2.09 bits per heavy atom. The monoisotopic (exact) mass is 337 g/mol. The van der Waals surface area contributed by atoms with Gasteiger partial charge < -0.3 is 15.5 Å². The van der Waals surface area contributed by atoms with E-state index in [0.717, 1.165) is 55.1 Å². The number of thioether (sulfide) groups is 1. The van der Waals surface area contributed by atoms with Crippen LogP contribution in [0.15, 0.2) is 23.1 Å². The van der Waals surface area contributed by atoms with Crippen LogP contribution in [0.5, 0.6) is 0 Å². The largest absolute Gasteiger partial charge is 0.335 e. The Bertz CT molecular complexity index is 561. The number of rotatable bonds is 3. The highest BCUT2D eigenvalue weighted by Crippen LogP contribution is 2.36. The highest BCUT2D eigenvalue weighted by molar-refractivity contribution is 7.99. The van der Waals surface area contributed by atoms with Crippen LogP contribution in [0.3, 0.4) is 0 Å². The van der Waals surface area contributed by atoms with E-state index in [4.69, 9.17) is 0 Å². The molecule has 1 aromatic rings. The van der Waals surface area contributed by atoms with E-state index in [1.165, 1.54) is 6.07 Å². The predicted octanol–water partition coefficient (Wildman–Crippen LogP) is 3.15. The summed E-state index contributed by atoms with van der Waals surface area (Å²) in [5.41, 5.74) is 0.900. The fourth-order valence-electron chi connectivity index (χ4n) is 3.29. The molecule has 1 saturated heterocycles. The molecule has 0 unspecified atom stereocenters. The van der Waals surface area contributed by atoms with Gasteiger partial charge in [0.25, 0.3) is 0 Å². The van der Waals surface area contributed by atoms with Crippen molar-refractivity contribution in [1.82, 2.24) is 15.5 Å². The summed E-state index contributed by atoms with van der Waals surface area (Å²) < 4.78 is 13.5. The number of nitrogens with zero attached hydrogens (tertiary/aromatic N) is 1. The second-order valence-electron chi connectivity index (χ2n) is 6.20. The Labute approximate surface area is 141 Å². The van der Waals surface area contributed by atoms with Crippen molar-refractivity contribution in [2.75, 3.05) is 25.4 Å². The van der Waals surface area contributed by atoms with E-state index in [9.17, 15) is 9.18 Å². The van der Waals surface area contributed by atoms with Gasteiger partial charge in [0.2, 0.25) is 0 Å². The molecule has 3 rings (SSSR count). The maximum absolute atomic E-state index is 13.5. The molecule has 2 N–H and O–H groups in total. The molecule has 0 spiro atoms. The van der Waals surface area contributed by atoms with Gasteiger partial charge in [0.1, 0.15) is 5.82 Å². The maximum Gasteiger partial charge on any atom is 0.315 e. The van der Waals surface area contributed by atoms with Crippen molar-refractivity contribution in [3.05, 3.63) is 29.6 Å². The number of hydrogen-bond donors (Lipinski definition) is 2. The summed E-state index contributed by atoms with van der Waals surface area (Å²) in [4.78, 5) is 15.8. The third kappa shape index (κ3) is 4.18. The molecule has 0 aromatic heterocycles. The SMILES string of the molecule is CCN1CCC(NC(=O)N[C@@H]2CCSc3ccc(F)cc32)CC1. The average Bonchev–Trinajstić information content (AvgIpc) is 2.56. The van der Waals surface area contributed by atoms with Gasteiger partial charge in [-0.1, -0.05) is 6.92 Å². The average molecular weight is 337 g/mol. The number of hydrogen-bond acceptors (Lipinski definition) is 3. The number of piperidine rings is 1. The predicted molar refractivity (Wildman–Crippen MR) is 91.3 cm³/mol. The summed E-state index contributed by atoms with van der Waals surface area (Å²) >= 11 is 1.72. The van der Waals surface area contributed by atoms with E-state index in [-0.39, 0.29) is 23.9 Å². The number of carbonyl (C=O) groups excluding carboxylic acids is 1. The molecule has 4 nitrogen and oxygen atoms in total. The molecule has 0 radical (unpaired) electrons. The summed E-state index contributed by atoms with van der Waals surface area (Å²) in [7, 11) is 0. The van der Waals surface area contributed by atoms with E-state index in [0.29, 0.717) is 0 Å². The van der Waals surface area contributed by atoms with Crippen LogP contribution in [0.1, 0.15) is 37.8 Å². The third-order valence-electron chi connectivity index (χ3n) is 4.69. The summed E-state index contributed by atoms with van der Waals surface area (Å²) in [6, 6.07) is 4.84. The number of benzene rings is 1. The molecule has 2 aliphatic heterocycles. The first kappa shape index (κ1) is 16.6. The molecule has 126 valence electrons. The van der Waals surface area contributed by atoms with Gasteiger partial charge in [-0.25, -0.2) is 9.18 Å². The van der Waals surface area contributed by atoms with Crippen molar-refractivity contribution in [3.8, 4) is 0 Å². The standard InChI is InChI=1S/C17H24FN3OS/c1-2-21-8-5-13(6-9-21)19-17(22)20-15-7-10-23-16-4-3-12(18)11-14(15)16/h3-4,11,13,15H,2,5-10H2,1H3,(H2,19,20,22)/t15-/m1/s1. The smallest absolute Gasteiger partial charge is 0.315 e. The Balaban J connectivity index is 1.56. The summed E-state index contributed by atoms with van der Waals surface area (Å²) in [6.45, 7) is 5.31. The molecule has 1 aromatic carbocycles. The van der Waals surface area contributed by atoms with Crippen LogP contribution in [-0.4, -0.2) is 42.4 Å². The molecule has 0 bridgehead atoms. The van der Waals surface area contributed by atoms with Crippen molar-refractivity contribution >= 4 is 17.8 Å². The molecule has 6 heteroatoms. The van der Waals surface area contributed by atoms with Crippen LogP contribution in [0.2, 0.25) is 0 Å². The molecule has 0 aliphatic carbocycles. The Kier molecular flexibility index (Phi) is 5.43. The quantitative estimate of drug-likeness (QED) is 0.890. The van der Waals surface area contributed by atoms with Gasteiger partial charge >= 0.3 is 6.03 Å². The van der Waals surface area contributed by atoms with Crippen molar-refractivity contribution in [1.29, 1.82) is 0 Å². The summed E-state index contributed by atoms with van der Waals surface area (Å²) in [6.07, 6.45) is 2.82. The number of carbonyl (C=O) groups is 1. The third-order valence-corrected chi connectivity index (χ3v) is 5.81. The number of likely N-dealkylation sites (tertiary alicyclic amines) is 1. The van der Waals surface area contributed by atoms with Crippen LogP contribution in [-0.2, 0) is 0 Å². The van der Waals surface area contributed by atoms with Crippen LogP contribution in [0.25, 0.3) is 0 Å². The van der Waals surface area contributed by atoms with E-state index < -0.39 is 0 Å². The lowest BCUT2D eigenvalue weighted by atomic mass is 10.0. The molecule has 2 amide bonds. The Morgan fingerprint density at radius 3 is 2.83 bits per heavy atom. The first-order valence-electron chi connectivity index (χ1n) is 8.37. The molecule has 23 heavy (non-hydrogen) atoms. The van der Waals surface area contributed by atoms with Gasteiger partial charge in [-0.05, 0) is 49.6 Å². The first-order chi connectivity index (χ1) is 11.2. The lowest BCUT2D eigenvalue weighted by molar-refractivity contribution is 0.197. The van der Waals surface area contributed by atoms with Crippen molar-refractivity contribution in [2.24, 2.45) is 0 Å². The van der Waals surface area contributed by atoms with Crippen LogP contribution >= 0.6 is 11.8 Å². The minimum Gasteiger partial charge on any atom is -0.335 e. The van der Waals surface area contributed by atoms with Gasteiger partial charge in [-0.15, -0.1) is 11.8 Å². The topological polar surface area (TPSA) is 44.4 Å². The number of urea groups is 1. The maximum atomic E-state index is 13.5. The van der Waals surface area contributed by atoms with E-state index in [1.807, 2.05) is 6.07 Å². The highest BCUT2D eigenvalue weighted by atomic mass is 32.2. The zero-order chi connectivity index (χ0) is 16.2. The minimum atomic E-state index is -0.245. The normalized spacial score (nSPS) is 22.4. The molecular weight excluding hydrogens is 313 g/mol. The van der Waals surface area contributed by atoms with Crippen molar-refractivity contribution in [2.45, 2.75) is 43.2 Å². The highest BCUT2D eigenvalue weighted by Gasteiger charge is 2.25.